The van der Waals surface area contributed by atoms with Crippen LogP contribution in [0.3, 0.4) is 0 Å². The van der Waals surface area contributed by atoms with Crippen molar-refractivity contribution >= 4 is 66.7 Å². The second-order valence-electron chi connectivity index (χ2n) is 16.2. The first-order chi connectivity index (χ1) is 28.5. The van der Waals surface area contributed by atoms with E-state index in [0.717, 1.165) is 12.8 Å². The van der Waals surface area contributed by atoms with Gasteiger partial charge >= 0.3 is 0 Å². The molecule has 2 atom stereocenters. The molecule has 18 nitrogen and oxygen atoms in total. The molecule has 21 heteroatoms. The maximum absolute atomic E-state index is 13.1. The van der Waals surface area contributed by atoms with Gasteiger partial charge in [-0.2, -0.15) is 21.8 Å². The quantitative estimate of drug-likeness (QED) is 0.105. The first kappa shape index (κ1) is 46.8. The highest BCUT2D eigenvalue weighted by Crippen LogP contribution is 2.39. The Balaban J connectivity index is 0.000000234. The molecule has 2 amide bonds. The number of amides is 2. The summed E-state index contributed by atoms with van der Waals surface area (Å²) in [5.41, 5.74) is 10.9. The molecule has 6 N–H and O–H groups in total. The molecule has 2 aliphatic rings. The van der Waals surface area contributed by atoms with Gasteiger partial charge in [0.15, 0.2) is 10.1 Å². The summed E-state index contributed by atoms with van der Waals surface area (Å²) >= 11 is 6.06. The number of aromatic nitrogens is 4. The zero-order valence-corrected chi connectivity index (χ0v) is 37.6. The summed E-state index contributed by atoms with van der Waals surface area (Å²) in [4.78, 5) is 46.4. The molecule has 2 fully saturated rings. The minimum atomic E-state index is -4.23. The van der Waals surface area contributed by atoms with E-state index in [0.29, 0.717) is 62.3 Å². The number of rotatable bonds is 13. The Morgan fingerprint density at radius 1 is 0.721 bits per heavy atom. The number of sulfonamides is 2. The van der Waals surface area contributed by atoms with Crippen LogP contribution in [0.15, 0.2) is 70.7 Å². The monoisotopic (exact) mass is 900 g/mol. The second-order valence-corrected chi connectivity index (χ2v) is 19.9. The Hall–Kier alpha value is -5.31. The normalized spacial score (nSPS) is 18.2. The van der Waals surface area contributed by atoms with Gasteiger partial charge in [0.05, 0.1) is 17.7 Å². The fourth-order valence-corrected chi connectivity index (χ4v) is 9.62. The number of hydrogen-bond donors (Lipinski definition) is 4. The highest BCUT2D eigenvalue weighted by molar-refractivity contribution is 7.90. The van der Waals surface area contributed by atoms with Crippen LogP contribution < -0.4 is 35.4 Å². The van der Waals surface area contributed by atoms with Crippen molar-refractivity contribution in [3.05, 3.63) is 76.9 Å². The third-order valence-electron chi connectivity index (χ3n) is 10.0. The van der Waals surface area contributed by atoms with Gasteiger partial charge in [-0.1, -0.05) is 37.6 Å². The molecule has 2 aliphatic heterocycles. The van der Waals surface area contributed by atoms with Gasteiger partial charge < -0.3 is 30.7 Å². The van der Waals surface area contributed by atoms with Crippen LogP contribution in [0.4, 0.5) is 23.3 Å². The van der Waals surface area contributed by atoms with Crippen LogP contribution in [-0.2, 0) is 24.8 Å². The minimum Gasteiger partial charge on any atom is -0.475 e. The lowest BCUT2D eigenvalue weighted by molar-refractivity contribution is 0.0971. The Bertz CT molecular complexity index is 2470. The molecule has 2 saturated heterocycles. The number of halogens is 1. The molecule has 0 spiro atoms. The van der Waals surface area contributed by atoms with Crippen molar-refractivity contribution in [3.8, 4) is 5.88 Å². The summed E-state index contributed by atoms with van der Waals surface area (Å²) in [6, 6.07) is 14.4. The van der Waals surface area contributed by atoms with Crippen molar-refractivity contribution in [3.63, 3.8) is 0 Å². The van der Waals surface area contributed by atoms with Crippen molar-refractivity contribution in [2.24, 2.45) is 11.8 Å². The van der Waals surface area contributed by atoms with E-state index in [2.05, 4.69) is 52.4 Å². The standard InChI is InChI=1S/C22H31N5O5S.C18H22ClN5O3S/c1-5-31-11-12-32-18-10-9-16(20(25-18)27-14-15(2)13-22(27,3)4)21(28)26-33(29,30)19-8-6-7-17(23)24-19;1-11-9-18(2,3)24(10-11)16-12(7-8-13(19)21-16)17(25)23-28(26,27)15-6-4-5-14(20)22-15/h6-10,15H,5,11-14H2,1-4H3,(H2,23,24)(H,26,28);4-8,11H,9-10H2,1-3H3,(H2,20,22)(H,23,25)/t15-;11-/m00/s1. The summed E-state index contributed by atoms with van der Waals surface area (Å²) in [5, 5.41) is -0.446. The SMILES string of the molecule is CCOCCOc1ccc(C(=O)NS(=O)(=O)c2cccc(N)n2)c(N2C[C@@H](C)CC2(C)C)n1.C[C@@H]1CN(c2nc(Cl)ccc2C(=O)NS(=O)(=O)c2cccc(N)n2)C(C)(C)C1. The Kier molecular flexibility index (Phi) is 14.4. The smallest absolute Gasteiger partial charge is 0.281 e. The van der Waals surface area contributed by atoms with E-state index in [1.54, 1.807) is 6.07 Å². The number of carbonyl (C=O) groups excluding carboxylic acids is 2. The average Bonchev–Trinajstić information content (AvgIpc) is 3.62. The summed E-state index contributed by atoms with van der Waals surface area (Å²) in [5.74, 6) is 0.286. The number of ether oxygens (including phenoxy) is 2. The van der Waals surface area contributed by atoms with E-state index in [1.807, 2.05) is 35.3 Å². The molecule has 0 unspecified atom stereocenters. The molecule has 4 aromatic rings. The zero-order chi connectivity index (χ0) is 44.9. The lowest BCUT2D eigenvalue weighted by atomic mass is 9.97. The molecule has 0 bridgehead atoms. The number of hydrogen-bond acceptors (Lipinski definition) is 16. The Morgan fingerprint density at radius 2 is 1.18 bits per heavy atom. The van der Waals surface area contributed by atoms with Crippen LogP contribution in [0.2, 0.25) is 5.15 Å². The van der Waals surface area contributed by atoms with Gasteiger partial charge in [-0.3, -0.25) is 9.59 Å². The molecular weight excluding hydrogens is 848 g/mol. The van der Waals surface area contributed by atoms with E-state index < -0.39 is 31.9 Å². The number of carbonyl (C=O) groups is 2. The van der Waals surface area contributed by atoms with E-state index in [9.17, 15) is 26.4 Å². The first-order valence-electron chi connectivity index (χ1n) is 19.6. The van der Waals surface area contributed by atoms with Crippen LogP contribution in [-0.4, -0.2) is 92.6 Å². The highest BCUT2D eigenvalue weighted by atomic mass is 35.5. The lowest BCUT2D eigenvalue weighted by Gasteiger charge is -2.33. The third-order valence-corrected chi connectivity index (χ3v) is 12.7. The summed E-state index contributed by atoms with van der Waals surface area (Å²) in [7, 11) is -8.42. The molecule has 4 aromatic heterocycles. The van der Waals surface area contributed by atoms with Crippen LogP contribution in [0.5, 0.6) is 5.88 Å². The van der Waals surface area contributed by atoms with Crippen molar-refractivity contribution in [2.45, 2.75) is 82.4 Å². The zero-order valence-electron chi connectivity index (χ0n) is 35.2. The molecule has 330 valence electrons. The number of nitrogens with zero attached hydrogens (tertiary/aromatic N) is 6. The Labute approximate surface area is 361 Å². The predicted molar refractivity (Wildman–Crippen MR) is 232 cm³/mol. The number of nitrogens with one attached hydrogen (secondary N) is 2. The summed E-state index contributed by atoms with van der Waals surface area (Å²) in [6.45, 7) is 17.0. The largest absolute Gasteiger partial charge is 0.475 e. The number of nitrogens with two attached hydrogens (primary N) is 2. The second kappa shape index (κ2) is 18.8. The Morgan fingerprint density at radius 3 is 1.61 bits per heavy atom. The first-order valence-corrected chi connectivity index (χ1v) is 22.9. The van der Waals surface area contributed by atoms with Crippen LogP contribution in [0.1, 0.15) is 82.0 Å². The summed E-state index contributed by atoms with van der Waals surface area (Å²) < 4.78 is 65.6. The van der Waals surface area contributed by atoms with Crippen molar-refractivity contribution < 1.29 is 35.9 Å². The van der Waals surface area contributed by atoms with Crippen molar-refractivity contribution in [2.75, 3.05) is 54.2 Å². The van der Waals surface area contributed by atoms with E-state index in [4.69, 9.17) is 32.5 Å². The summed E-state index contributed by atoms with van der Waals surface area (Å²) in [6.07, 6.45) is 1.81. The third kappa shape index (κ3) is 11.5. The van der Waals surface area contributed by atoms with E-state index in [-0.39, 0.29) is 49.0 Å². The molecular formula is C40H53ClN10O8S2. The van der Waals surface area contributed by atoms with Crippen LogP contribution >= 0.6 is 11.6 Å². The van der Waals surface area contributed by atoms with Crippen molar-refractivity contribution in [1.29, 1.82) is 0 Å². The molecule has 6 rings (SSSR count). The number of nitrogen functional groups attached to an aromatic ring is 2. The lowest BCUT2D eigenvalue weighted by Crippen LogP contribution is -2.41. The maximum Gasteiger partial charge on any atom is 0.281 e. The topological polar surface area (TPSA) is 255 Å². The predicted octanol–water partition coefficient (Wildman–Crippen LogP) is 4.67. The minimum absolute atomic E-state index is 0.0361. The van der Waals surface area contributed by atoms with Gasteiger partial charge in [0.2, 0.25) is 5.88 Å². The number of anilines is 4. The molecule has 6 heterocycles. The molecule has 61 heavy (non-hydrogen) atoms. The van der Waals surface area contributed by atoms with Crippen molar-refractivity contribution in [1.82, 2.24) is 29.4 Å². The maximum atomic E-state index is 13.1. The van der Waals surface area contributed by atoms with Gasteiger partial charge in [-0.25, -0.2) is 24.4 Å². The molecule has 0 radical (unpaired) electrons. The fourth-order valence-electron chi connectivity index (χ4n) is 7.59. The van der Waals surface area contributed by atoms with Gasteiger partial charge in [0, 0.05) is 36.8 Å². The molecule has 0 aliphatic carbocycles. The molecule has 0 saturated carbocycles. The fraction of sp³-hybridized carbons (Fsp3) is 0.450. The van der Waals surface area contributed by atoms with Gasteiger partial charge in [-0.15, -0.1) is 0 Å². The van der Waals surface area contributed by atoms with Gasteiger partial charge in [-0.05, 0) is 102 Å². The van der Waals surface area contributed by atoms with E-state index >= 15 is 0 Å². The van der Waals surface area contributed by atoms with Crippen LogP contribution in [0.25, 0.3) is 0 Å². The number of pyridine rings is 4. The van der Waals surface area contributed by atoms with Crippen LogP contribution in [0, 0.1) is 11.8 Å². The van der Waals surface area contributed by atoms with Gasteiger partial charge in [0.1, 0.15) is 35.0 Å². The molecule has 0 aromatic carbocycles. The van der Waals surface area contributed by atoms with Gasteiger partial charge in [0.25, 0.3) is 31.9 Å². The van der Waals surface area contributed by atoms with E-state index in [1.165, 1.54) is 54.6 Å². The highest BCUT2D eigenvalue weighted by Gasteiger charge is 2.41. The average molecular weight is 902 g/mol.